The van der Waals surface area contributed by atoms with Crippen molar-refractivity contribution in [3.63, 3.8) is 0 Å². The summed E-state index contributed by atoms with van der Waals surface area (Å²) in [5.41, 5.74) is 0.257. The third-order valence-electron chi connectivity index (χ3n) is 2.87. The number of aromatic amines is 1. The highest BCUT2D eigenvalue weighted by Gasteiger charge is 2.12. The molecule has 0 spiro atoms. The van der Waals surface area contributed by atoms with Crippen LogP contribution in [-0.4, -0.2) is 16.3 Å². The summed E-state index contributed by atoms with van der Waals surface area (Å²) in [5, 5.41) is 19.4. The number of pyridine rings is 1. The van der Waals surface area contributed by atoms with Gasteiger partial charge in [0, 0.05) is 6.21 Å². The van der Waals surface area contributed by atoms with Gasteiger partial charge in [0.15, 0.2) is 0 Å². The van der Waals surface area contributed by atoms with E-state index in [1.165, 1.54) is 6.21 Å². The minimum Gasteiger partial charge on any atom is -0.494 e. The highest BCUT2D eigenvalue weighted by molar-refractivity contribution is 6.43. The van der Waals surface area contributed by atoms with Gasteiger partial charge in [0.1, 0.15) is 11.6 Å². The van der Waals surface area contributed by atoms with E-state index in [9.17, 15) is 9.90 Å². The molecule has 2 rings (SSSR count). The second-order valence-corrected chi connectivity index (χ2v) is 4.94. The van der Waals surface area contributed by atoms with E-state index in [1.54, 1.807) is 31.2 Å². The molecule has 0 aliphatic rings. The number of benzene rings is 1. The van der Waals surface area contributed by atoms with E-state index in [0.29, 0.717) is 16.3 Å². The Bertz CT molecular complexity index is 835. The number of hydrogen-bond acceptors (Lipinski definition) is 4. The van der Waals surface area contributed by atoms with Crippen LogP contribution in [0.25, 0.3) is 0 Å². The summed E-state index contributed by atoms with van der Waals surface area (Å²) < 4.78 is 0. The number of nitriles is 1. The molecule has 0 atom stereocenters. The van der Waals surface area contributed by atoms with Crippen LogP contribution in [0.15, 0.2) is 28.0 Å². The average Bonchev–Trinajstić information content (AvgIpc) is 2.43. The van der Waals surface area contributed by atoms with Crippen LogP contribution in [0.1, 0.15) is 16.7 Å². The third kappa shape index (κ3) is 2.92. The van der Waals surface area contributed by atoms with Crippen molar-refractivity contribution in [1.29, 1.82) is 5.26 Å². The molecule has 1 heterocycles. The lowest BCUT2D eigenvalue weighted by molar-refractivity contribution is 0.450. The predicted molar refractivity (Wildman–Crippen MR) is 81.9 cm³/mol. The van der Waals surface area contributed by atoms with Crippen LogP contribution in [0.3, 0.4) is 0 Å². The summed E-state index contributed by atoms with van der Waals surface area (Å²) in [6.45, 7) is 1.55. The van der Waals surface area contributed by atoms with Crippen LogP contribution in [0.4, 0.5) is 5.69 Å². The van der Waals surface area contributed by atoms with Crippen molar-refractivity contribution in [3.8, 4) is 11.9 Å². The third-order valence-corrected chi connectivity index (χ3v) is 3.68. The van der Waals surface area contributed by atoms with Crippen LogP contribution in [0.5, 0.6) is 5.88 Å². The van der Waals surface area contributed by atoms with Crippen molar-refractivity contribution in [2.45, 2.75) is 6.92 Å². The quantitative estimate of drug-likeness (QED) is 0.831. The lowest BCUT2D eigenvalue weighted by atomic mass is 10.1. The Kier molecular flexibility index (Phi) is 4.32. The first-order valence-corrected chi connectivity index (χ1v) is 6.55. The first-order chi connectivity index (χ1) is 9.95. The fourth-order valence-electron chi connectivity index (χ4n) is 1.74. The van der Waals surface area contributed by atoms with Gasteiger partial charge in [0.25, 0.3) is 5.56 Å². The van der Waals surface area contributed by atoms with E-state index in [0.717, 1.165) is 0 Å². The molecule has 21 heavy (non-hydrogen) atoms. The van der Waals surface area contributed by atoms with Crippen LogP contribution >= 0.6 is 23.2 Å². The molecular formula is C14H9Cl2N3O2. The average molecular weight is 322 g/mol. The van der Waals surface area contributed by atoms with Crippen molar-refractivity contribution < 1.29 is 5.11 Å². The van der Waals surface area contributed by atoms with Gasteiger partial charge in [-0.15, -0.1) is 0 Å². The van der Waals surface area contributed by atoms with E-state index in [-0.39, 0.29) is 22.0 Å². The van der Waals surface area contributed by atoms with Crippen LogP contribution in [0, 0.1) is 18.3 Å². The SMILES string of the molecule is Cc1c(C=Nc2cccc(Cl)c2Cl)c(O)[nH]c(=O)c1C#N. The Morgan fingerprint density at radius 1 is 1.43 bits per heavy atom. The summed E-state index contributed by atoms with van der Waals surface area (Å²) in [7, 11) is 0. The zero-order chi connectivity index (χ0) is 15.6. The standard InChI is InChI=1S/C14H9Cl2N3O2/c1-7-8(5-17)13(20)19-14(21)9(7)6-18-11-4-2-3-10(15)12(11)16/h2-4,6H,1H3,(H2,19,20,21). The molecule has 2 aromatic rings. The molecule has 0 saturated carbocycles. The minimum atomic E-state index is -0.648. The number of nitrogens with one attached hydrogen (secondary N) is 1. The van der Waals surface area contributed by atoms with Crippen molar-refractivity contribution in [2.75, 3.05) is 0 Å². The summed E-state index contributed by atoms with van der Waals surface area (Å²) in [5.74, 6) is -0.363. The maximum Gasteiger partial charge on any atom is 0.268 e. The molecule has 0 fully saturated rings. The largest absolute Gasteiger partial charge is 0.494 e. The van der Waals surface area contributed by atoms with Gasteiger partial charge in [-0.05, 0) is 24.6 Å². The molecule has 0 radical (unpaired) electrons. The number of nitrogens with zero attached hydrogens (tertiary/aromatic N) is 2. The normalized spacial score (nSPS) is 10.8. The number of aromatic nitrogens is 1. The molecule has 0 aliphatic carbocycles. The Morgan fingerprint density at radius 2 is 2.14 bits per heavy atom. The van der Waals surface area contributed by atoms with Crippen LogP contribution < -0.4 is 5.56 Å². The van der Waals surface area contributed by atoms with Crippen molar-refractivity contribution in [2.24, 2.45) is 4.99 Å². The molecule has 0 amide bonds. The Labute approximate surface area is 130 Å². The minimum absolute atomic E-state index is 0.0774. The fourth-order valence-corrected chi connectivity index (χ4v) is 2.08. The van der Waals surface area contributed by atoms with Crippen molar-refractivity contribution in [3.05, 3.63) is 55.3 Å². The fraction of sp³-hybridized carbons (Fsp3) is 0.0714. The van der Waals surface area contributed by atoms with E-state index in [4.69, 9.17) is 28.5 Å². The smallest absolute Gasteiger partial charge is 0.268 e. The lowest BCUT2D eigenvalue weighted by Gasteiger charge is -2.05. The molecular weight excluding hydrogens is 313 g/mol. The van der Waals surface area contributed by atoms with Gasteiger partial charge in [-0.1, -0.05) is 29.3 Å². The molecule has 5 nitrogen and oxygen atoms in total. The summed E-state index contributed by atoms with van der Waals surface area (Å²) >= 11 is 11.9. The Balaban J connectivity index is 2.55. The molecule has 2 N–H and O–H groups in total. The Morgan fingerprint density at radius 3 is 2.81 bits per heavy atom. The maximum absolute atomic E-state index is 11.5. The first kappa shape index (κ1) is 15.1. The van der Waals surface area contributed by atoms with Gasteiger partial charge in [-0.2, -0.15) is 5.26 Å². The van der Waals surface area contributed by atoms with E-state index in [2.05, 4.69) is 9.98 Å². The van der Waals surface area contributed by atoms with Crippen LogP contribution in [-0.2, 0) is 0 Å². The maximum atomic E-state index is 11.5. The van der Waals surface area contributed by atoms with Gasteiger partial charge in [0.2, 0.25) is 5.88 Å². The molecule has 0 saturated heterocycles. The number of rotatable bonds is 2. The Hall–Kier alpha value is -2.29. The number of aliphatic imine (C=N–C) groups is 1. The number of aromatic hydroxyl groups is 1. The predicted octanol–water partition coefficient (Wildman–Crippen LogP) is 3.32. The molecule has 0 aliphatic heterocycles. The summed E-state index contributed by atoms with van der Waals surface area (Å²) in [6.07, 6.45) is 1.32. The molecule has 7 heteroatoms. The van der Waals surface area contributed by atoms with E-state index in [1.807, 2.05) is 0 Å². The van der Waals surface area contributed by atoms with Gasteiger partial charge in [0.05, 0.1) is 21.3 Å². The molecule has 106 valence electrons. The molecule has 1 aromatic heterocycles. The molecule has 0 bridgehead atoms. The lowest BCUT2D eigenvalue weighted by Crippen LogP contribution is -2.14. The van der Waals surface area contributed by atoms with E-state index >= 15 is 0 Å². The van der Waals surface area contributed by atoms with Crippen LogP contribution in [0.2, 0.25) is 10.0 Å². The van der Waals surface area contributed by atoms with E-state index < -0.39 is 5.56 Å². The second kappa shape index (κ2) is 6.00. The monoisotopic (exact) mass is 321 g/mol. The topological polar surface area (TPSA) is 89.2 Å². The van der Waals surface area contributed by atoms with Crippen molar-refractivity contribution in [1.82, 2.24) is 4.98 Å². The molecule has 0 unspecified atom stereocenters. The van der Waals surface area contributed by atoms with Gasteiger partial charge in [-0.3, -0.25) is 14.8 Å². The highest BCUT2D eigenvalue weighted by Crippen LogP contribution is 2.31. The number of H-pyrrole nitrogens is 1. The molecule has 1 aromatic carbocycles. The highest BCUT2D eigenvalue weighted by atomic mass is 35.5. The van der Waals surface area contributed by atoms with Gasteiger partial charge >= 0.3 is 0 Å². The summed E-state index contributed by atoms with van der Waals surface area (Å²) in [4.78, 5) is 17.8. The van der Waals surface area contributed by atoms with Gasteiger partial charge in [-0.25, -0.2) is 0 Å². The first-order valence-electron chi connectivity index (χ1n) is 5.79. The zero-order valence-electron chi connectivity index (χ0n) is 10.8. The number of hydrogen-bond donors (Lipinski definition) is 2. The number of halogens is 2. The summed E-state index contributed by atoms with van der Waals surface area (Å²) in [6, 6.07) is 6.74. The second-order valence-electron chi connectivity index (χ2n) is 4.16. The van der Waals surface area contributed by atoms with Gasteiger partial charge < -0.3 is 5.11 Å². The van der Waals surface area contributed by atoms with Crippen molar-refractivity contribution >= 4 is 35.1 Å². The zero-order valence-corrected chi connectivity index (χ0v) is 12.3.